The Balaban J connectivity index is 1.79. The highest BCUT2D eigenvalue weighted by Gasteiger charge is 2.12. The molecule has 0 aliphatic rings. The molecule has 0 fully saturated rings. The lowest BCUT2D eigenvalue weighted by Gasteiger charge is -2.02. The van der Waals surface area contributed by atoms with E-state index in [1.165, 1.54) is 12.1 Å². The van der Waals surface area contributed by atoms with Crippen LogP contribution in [0.2, 0.25) is 0 Å². The van der Waals surface area contributed by atoms with Crippen LogP contribution < -0.4 is 5.56 Å². The van der Waals surface area contributed by atoms with Crippen LogP contribution in [0.15, 0.2) is 81.8 Å². The van der Waals surface area contributed by atoms with E-state index in [-0.39, 0.29) is 11.4 Å². The van der Waals surface area contributed by atoms with Crippen LogP contribution in [-0.2, 0) is 0 Å². The monoisotopic (exact) mass is 332 g/mol. The number of hydrogen-bond donors (Lipinski definition) is 2. The highest BCUT2D eigenvalue weighted by molar-refractivity contribution is 5.88. The molecule has 0 unspecified atom stereocenters. The van der Waals surface area contributed by atoms with Crippen LogP contribution in [0.25, 0.3) is 22.0 Å². The number of rotatable bonds is 3. The molecule has 0 bridgehead atoms. The van der Waals surface area contributed by atoms with Crippen LogP contribution >= 0.6 is 0 Å². The number of fused-ring (bicyclic) bond motifs is 1. The van der Waals surface area contributed by atoms with Crippen molar-refractivity contribution >= 4 is 22.1 Å². The zero-order valence-corrected chi connectivity index (χ0v) is 13.0. The fourth-order valence-corrected chi connectivity index (χ4v) is 2.64. The normalized spacial score (nSPS) is 11.4. The zero-order chi connectivity index (χ0) is 17.2. The second-order valence-electron chi connectivity index (χ2n) is 5.52. The van der Waals surface area contributed by atoms with Gasteiger partial charge in [0.2, 0.25) is 0 Å². The fourth-order valence-electron chi connectivity index (χ4n) is 2.64. The standard InChI is InChI=1S/C19H13FN4O/c20-15-7-3-4-8-16(15)21-23-18-17(22-24-19(18)25)14-10-9-12-5-1-2-6-13(12)11-14/h1-11H,(H2,22,24,25). The molecular formula is C19H13FN4O. The van der Waals surface area contributed by atoms with E-state index in [0.29, 0.717) is 5.69 Å². The van der Waals surface area contributed by atoms with Crippen molar-refractivity contribution in [3.63, 3.8) is 0 Å². The molecule has 25 heavy (non-hydrogen) atoms. The molecule has 0 radical (unpaired) electrons. The van der Waals surface area contributed by atoms with Gasteiger partial charge in [-0.3, -0.25) is 15.0 Å². The van der Waals surface area contributed by atoms with Gasteiger partial charge in [0.1, 0.15) is 5.69 Å². The van der Waals surface area contributed by atoms with Crippen LogP contribution in [-0.4, -0.2) is 10.2 Å². The third kappa shape index (κ3) is 2.85. The van der Waals surface area contributed by atoms with Gasteiger partial charge >= 0.3 is 0 Å². The number of azo groups is 1. The summed E-state index contributed by atoms with van der Waals surface area (Å²) in [6, 6.07) is 19.7. The second-order valence-corrected chi connectivity index (χ2v) is 5.52. The van der Waals surface area contributed by atoms with Crippen LogP contribution in [0.4, 0.5) is 15.8 Å². The lowest BCUT2D eigenvalue weighted by Crippen LogP contribution is -1.96. The molecule has 0 aliphatic heterocycles. The molecule has 0 saturated heterocycles. The molecule has 6 heteroatoms. The maximum atomic E-state index is 13.7. The van der Waals surface area contributed by atoms with Crippen molar-refractivity contribution in [2.75, 3.05) is 0 Å². The lowest BCUT2D eigenvalue weighted by atomic mass is 10.0. The third-order valence-electron chi connectivity index (χ3n) is 3.90. The molecule has 0 atom stereocenters. The maximum absolute atomic E-state index is 13.7. The van der Waals surface area contributed by atoms with E-state index >= 15 is 0 Å². The lowest BCUT2D eigenvalue weighted by molar-refractivity contribution is 0.628. The smallest absolute Gasteiger partial charge is 0.292 e. The van der Waals surface area contributed by atoms with Crippen molar-refractivity contribution in [3.8, 4) is 11.3 Å². The Morgan fingerprint density at radius 3 is 2.40 bits per heavy atom. The van der Waals surface area contributed by atoms with Gasteiger partial charge in [0.15, 0.2) is 11.5 Å². The maximum Gasteiger partial charge on any atom is 0.292 e. The van der Waals surface area contributed by atoms with Crippen molar-refractivity contribution < 1.29 is 4.39 Å². The SMILES string of the molecule is O=c1[nH][nH]c(-c2ccc3ccccc3c2)c1N=Nc1ccccc1F. The highest BCUT2D eigenvalue weighted by atomic mass is 19.1. The van der Waals surface area contributed by atoms with Gasteiger partial charge in [0.25, 0.3) is 5.56 Å². The van der Waals surface area contributed by atoms with E-state index in [2.05, 4.69) is 20.4 Å². The van der Waals surface area contributed by atoms with E-state index in [4.69, 9.17) is 0 Å². The van der Waals surface area contributed by atoms with Crippen molar-refractivity contribution in [1.29, 1.82) is 0 Å². The molecule has 1 heterocycles. The Morgan fingerprint density at radius 2 is 1.56 bits per heavy atom. The van der Waals surface area contributed by atoms with Crippen molar-refractivity contribution in [2.24, 2.45) is 10.2 Å². The second kappa shape index (κ2) is 6.16. The van der Waals surface area contributed by atoms with Crippen LogP contribution in [0.5, 0.6) is 0 Å². The first kappa shape index (κ1) is 15.0. The van der Waals surface area contributed by atoms with Gasteiger partial charge in [0, 0.05) is 5.56 Å². The van der Waals surface area contributed by atoms with E-state index in [0.717, 1.165) is 16.3 Å². The summed E-state index contributed by atoms with van der Waals surface area (Å²) in [4.78, 5) is 12.0. The average molecular weight is 332 g/mol. The molecule has 4 rings (SSSR count). The summed E-state index contributed by atoms with van der Waals surface area (Å²) in [6.07, 6.45) is 0. The number of aromatic amines is 2. The zero-order valence-electron chi connectivity index (χ0n) is 13.0. The molecule has 0 aliphatic carbocycles. The summed E-state index contributed by atoms with van der Waals surface area (Å²) in [6.45, 7) is 0. The average Bonchev–Trinajstić information content (AvgIpc) is 3.01. The minimum absolute atomic E-state index is 0.0764. The first-order valence-corrected chi connectivity index (χ1v) is 7.68. The van der Waals surface area contributed by atoms with E-state index in [1.54, 1.807) is 12.1 Å². The van der Waals surface area contributed by atoms with Gasteiger partial charge in [-0.25, -0.2) is 4.39 Å². The molecule has 1 aromatic heterocycles. The topological polar surface area (TPSA) is 73.4 Å². The molecule has 0 spiro atoms. The molecule has 0 saturated carbocycles. The number of hydrogen-bond acceptors (Lipinski definition) is 3. The third-order valence-corrected chi connectivity index (χ3v) is 3.90. The van der Waals surface area contributed by atoms with E-state index < -0.39 is 11.4 Å². The Kier molecular flexibility index (Phi) is 3.70. The summed E-state index contributed by atoms with van der Waals surface area (Å²) in [7, 11) is 0. The molecular weight excluding hydrogens is 319 g/mol. The van der Waals surface area contributed by atoms with E-state index in [1.807, 2.05) is 42.5 Å². The van der Waals surface area contributed by atoms with Crippen molar-refractivity contribution in [1.82, 2.24) is 10.2 Å². The minimum atomic E-state index is -0.495. The van der Waals surface area contributed by atoms with Crippen molar-refractivity contribution in [2.45, 2.75) is 0 Å². The number of H-pyrrole nitrogens is 2. The highest BCUT2D eigenvalue weighted by Crippen LogP contribution is 2.29. The van der Waals surface area contributed by atoms with Gasteiger partial charge in [-0.05, 0) is 29.0 Å². The Hall–Kier alpha value is -3.54. The Labute approximate surface area is 141 Å². The van der Waals surface area contributed by atoms with Gasteiger partial charge in [-0.2, -0.15) is 0 Å². The quantitative estimate of drug-likeness (QED) is 0.505. The number of halogens is 1. The predicted molar refractivity (Wildman–Crippen MR) is 94.9 cm³/mol. The number of benzene rings is 3. The Morgan fingerprint density at radius 1 is 0.800 bits per heavy atom. The van der Waals surface area contributed by atoms with Crippen LogP contribution in [0, 0.1) is 5.82 Å². The summed E-state index contributed by atoms with van der Waals surface area (Å²) in [5.74, 6) is -0.495. The van der Waals surface area contributed by atoms with Gasteiger partial charge in [-0.1, -0.05) is 48.5 Å². The molecule has 4 aromatic rings. The molecule has 5 nitrogen and oxygen atoms in total. The molecule has 2 N–H and O–H groups in total. The summed E-state index contributed by atoms with van der Waals surface area (Å²) in [5.41, 5.74) is 1.07. The molecule has 0 amide bonds. The predicted octanol–water partition coefficient (Wildman–Crippen LogP) is 5.08. The van der Waals surface area contributed by atoms with Crippen LogP contribution in [0.3, 0.4) is 0 Å². The molecule has 122 valence electrons. The largest absolute Gasteiger partial charge is 0.295 e. The minimum Gasteiger partial charge on any atom is -0.295 e. The first-order valence-electron chi connectivity index (χ1n) is 7.68. The number of aromatic nitrogens is 2. The summed E-state index contributed by atoms with van der Waals surface area (Å²) >= 11 is 0. The summed E-state index contributed by atoms with van der Waals surface area (Å²) < 4.78 is 13.7. The Bertz CT molecular complexity index is 1140. The van der Waals surface area contributed by atoms with Gasteiger partial charge in [0.05, 0.1) is 5.69 Å². The summed E-state index contributed by atoms with van der Waals surface area (Å²) in [5, 5.41) is 15.3. The van der Waals surface area contributed by atoms with Crippen molar-refractivity contribution in [3.05, 3.63) is 82.9 Å². The molecule has 3 aromatic carbocycles. The van der Waals surface area contributed by atoms with Crippen LogP contribution in [0.1, 0.15) is 0 Å². The first-order chi connectivity index (χ1) is 12.2. The van der Waals surface area contributed by atoms with Gasteiger partial charge < -0.3 is 0 Å². The fraction of sp³-hybridized carbons (Fsp3) is 0. The van der Waals surface area contributed by atoms with Gasteiger partial charge in [-0.15, -0.1) is 10.2 Å². The van der Waals surface area contributed by atoms with E-state index in [9.17, 15) is 9.18 Å². The number of nitrogens with zero attached hydrogens (tertiary/aromatic N) is 2. The number of nitrogens with one attached hydrogen (secondary N) is 2.